The second-order valence-electron chi connectivity index (χ2n) is 5.59. The van der Waals surface area contributed by atoms with E-state index in [-0.39, 0.29) is 18.2 Å². The third-order valence-electron chi connectivity index (χ3n) is 3.56. The molecule has 11 heteroatoms. The van der Waals surface area contributed by atoms with E-state index in [2.05, 4.69) is 30.8 Å². The zero-order valence-electron chi connectivity index (χ0n) is 14.8. The van der Waals surface area contributed by atoms with Crippen molar-refractivity contribution in [2.24, 2.45) is 5.73 Å². The van der Waals surface area contributed by atoms with Crippen LogP contribution in [0.5, 0.6) is 5.75 Å². The second-order valence-corrected chi connectivity index (χ2v) is 5.59. The molecular weight excluding hydrogens is 366 g/mol. The zero-order valence-corrected chi connectivity index (χ0v) is 14.8. The summed E-state index contributed by atoms with van der Waals surface area (Å²) in [7, 11) is 1.52. The third kappa shape index (κ3) is 4.78. The van der Waals surface area contributed by atoms with Crippen LogP contribution in [-0.2, 0) is 4.79 Å². The zero-order chi connectivity index (χ0) is 19.9. The van der Waals surface area contributed by atoms with Gasteiger partial charge in [0.15, 0.2) is 0 Å². The van der Waals surface area contributed by atoms with Crippen molar-refractivity contribution >= 4 is 17.6 Å². The Hall–Kier alpha value is -4.02. The number of nitrogens with one attached hydrogen (secondary N) is 2. The van der Waals surface area contributed by atoms with Crippen molar-refractivity contribution in [3.05, 3.63) is 48.7 Å². The Bertz CT molecular complexity index is 961. The van der Waals surface area contributed by atoms with Crippen molar-refractivity contribution in [2.45, 2.75) is 12.5 Å². The maximum atomic E-state index is 12.3. The number of anilines is 1. The first-order valence-corrected chi connectivity index (χ1v) is 8.15. The van der Waals surface area contributed by atoms with Gasteiger partial charge in [0.1, 0.15) is 17.5 Å². The van der Waals surface area contributed by atoms with Gasteiger partial charge in [-0.3, -0.25) is 9.78 Å². The first kappa shape index (κ1) is 18.8. The third-order valence-corrected chi connectivity index (χ3v) is 3.56. The molecular formula is C17H17N7O4. The average molecular weight is 383 g/mol. The minimum absolute atomic E-state index is 0.0141. The number of amides is 3. The predicted octanol–water partition coefficient (Wildman–Crippen LogP) is 1.27. The Morgan fingerprint density at radius 2 is 2.14 bits per heavy atom. The van der Waals surface area contributed by atoms with E-state index in [1.54, 1.807) is 24.3 Å². The van der Waals surface area contributed by atoms with E-state index in [1.165, 1.54) is 25.7 Å². The maximum absolute atomic E-state index is 12.3. The smallest absolute Gasteiger partial charge is 0.319 e. The lowest BCUT2D eigenvalue weighted by Gasteiger charge is -2.14. The Balaban J connectivity index is 1.74. The number of urea groups is 1. The molecule has 0 bridgehead atoms. The van der Waals surface area contributed by atoms with E-state index in [9.17, 15) is 9.59 Å². The summed E-state index contributed by atoms with van der Waals surface area (Å²) in [6.07, 6.45) is 4.19. The second kappa shape index (κ2) is 8.58. The molecule has 28 heavy (non-hydrogen) atoms. The fourth-order valence-electron chi connectivity index (χ4n) is 2.32. The molecule has 0 unspecified atom stereocenters. The number of rotatable bonds is 7. The minimum atomic E-state index is -0.916. The molecule has 2 heterocycles. The number of aromatic nitrogens is 4. The molecule has 3 aromatic rings. The van der Waals surface area contributed by atoms with Crippen LogP contribution in [0.3, 0.4) is 0 Å². The van der Waals surface area contributed by atoms with Gasteiger partial charge >= 0.3 is 6.03 Å². The number of methoxy groups -OCH3 is 1. The van der Waals surface area contributed by atoms with Gasteiger partial charge in [-0.1, -0.05) is 6.07 Å². The fraction of sp³-hybridized carbons (Fsp3) is 0.176. The lowest BCUT2D eigenvalue weighted by Crippen LogP contribution is -2.35. The van der Waals surface area contributed by atoms with Gasteiger partial charge < -0.3 is 25.5 Å². The van der Waals surface area contributed by atoms with Gasteiger partial charge in [0.2, 0.25) is 11.8 Å². The highest BCUT2D eigenvalue weighted by Crippen LogP contribution is 2.21. The average Bonchev–Trinajstić information content (AvgIpc) is 3.18. The molecule has 1 atom stereocenters. The summed E-state index contributed by atoms with van der Waals surface area (Å²) >= 11 is 0. The summed E-state index contributed by atoms with van der Waals surface area (Å²) < 4.78 is 10.6. The molecule has 0 saturated carbocycles. The van der Waals surface area contributed by atoms with Crippen molar-refractivity contribution in [3.63, 3.8) is 0 Å². The van der Waals surface area contributed by atoms with Gasteiger partial charge in [-0.25, -0.2) is 9.78 Å². The molecule has 11 nitrogen and oxygen atoms in total. The van der Waals surface area contributed by atoms with Crippen LogP contribution in [0.4, 0.5) is 10.5 Å². The number of nitrogens with zero attached hydrogens (tertiary/aromatic N) is 4. The lowest BCUT2D eigenvalue weighted by atomic mass is 10.2. The summed E-state index contributed by atoms with van der Waals surface area (Å²) in [5, 5.41) is 13.0. The fourth-order valence-corrected chi connectivity index (χ4v) is 2.32. The quantitative estimate of drug-likeness (QED) is 0.550. The molecule has 0 saturated heterocycles. The SMILES string of the molecule is COc1cccc(NC(=O)N[C@@H](CC(N)=O)c2nnc(-c3cnccn3)o2)c1. The van der Waals surface area contributed by atoms with Gasteiger partial charge in [0, 0.05) is 24.1 Å². The van der Waals surface area contributed by atoms with Gasteiger partial charge in [0.25, 0.3) is 5.89 Å². The molecule has 0 radical (unpaired) electrons. The van der Waals surface area contributed by atoms with Crippen molar-refractivity contribution in [1.82, 2.24) is 25.5 Å². The van der Waals surface area contributed by atoms with E-state index >= 15 is 0 Å². The van der Waals surface area contributed by atoms with E-state index < -0.39 is 18.0 Å². The Kier molecular flexibility index (Phi) is 5.75. The molecule has 144 valence electrons. The van der Waals surface area contributed by atoms with Crippen LogP contribution in [0.1, 0.15) is 18.4 Å². The van der Waals surface area contributed by atoms with Gasteiger partial charge in [-0.15, -0.1) is 10.2 Å². The highest BCUT2D eigenvalue weighted by molar-refractivity contribution is 5.90. The topological polar surface area (TPSA) is 158 Å². The number of hydrogen-bond donors (Lipinski definition) is 3. The molecule has 3 amide bonds. The molecule has 0 aliphatic carbocycles. The Morgan fingerprint density at radius 1 is 1.29 bits per heavy atom. The van der Waals surface area contributed by atoms with E-state index in [0.29, 0.717) is 17.1 Å². The monoisotopic (exact) mass is 383 g/mol. The van der Waals surface area contributed by atoms with Gasteiger partial charge in [-0.2, -0.15) is 0 Å². The van der Waals surface area contributed by atoms with Crippen molar-refractivity contribution < 1.29 is 18.7 Å². The van der Waals surface area contributed by atoms with Crippen LogP contribution < -0.4 is 21.1 Å². The Labute approximate surface area is 159 Å². The Morgan fingerprint density at radius 3 is 2.86 bits per heavy atom. The van der Waals surface area contributed by atoms with Crippen molar-refractivity contribution in [1.29, 1.82) is 0 Å². The van der Waals surface area contributed by atoms with Crippen LogP contribution in [0.25, 0.3) is 11.6 Å². The van der Waals surface area contributed by atoms with Gasteiger partial charge in [-0.05, 0) is 12.1 Å². The van der Waals surface area contributed by atoms with Crippen LogP contribution in [0, 0.1) is 0 Å². The minimum Gasteiger partial charge on any atom is -0.497 e. The first-order valence-electron chi connectivity index (χ1n) is 8.15. The molecule has 0 aliphatic heterocycles. The van der Waals surface area contributed by atoms with Gasteiger partial charge in [0.05, 0.1) is 19.7 Å². The largest absolute Gasteiger partial charge is 0.497 e. The van der Waals surface area contributed by atoms with Crippen LogP contribution >= 0.6 is 0 Å². The predicted molar refractivity (Wildman–Crippen MR) is 97.0 cm³/mol. The highest BCUT2D eigenvalue weighted by Gasteiger charge is 2.24. The molecule has 1 aromatic carbocycles. The number of ether oxygens (including phenoxy) is 1. The summed E-state index contributed by atoms with van der Waals surface area (Å²) in [5.41, 5.74) is 6.14. The molecule has 0 spiro atoms. The maximum Gasteiger partial charge on any atom is 0.319 e. The number of carbonyl (C=O) groups is 2. The highest BCUT2D eigenvalue weighted by atomic mass is 16.5. The summed E-state index contributed by atoms with van der Waals surface area (Å²) in [5.74, 6) is 0.0516. The van der Waals surface area contributed by atoms with Crippen LogP contribution in [0.2, 0.25) is 0 Å². The van der Waals surface area contributed by atoms with E-state index in [1.807, 2.05) is 0 Å². The normalized spacial score (nSPS) is 11.5. The number of benzene rings is 1. The molecule has 2 aromatic heterocycles. The van der Waals surface area contributed by atoms with E-state index in [4.69, 9.17) is 14.9 Å². The molecule has 4 N–H and O–H groups in total. The summed E-state index contributed by atoms with van der Waals surface area (Å²) in [6, 6.07) is 5.29. The van der Waals surface area contributed by atoms with Crippen LogP contribution in [-0.4, -0.2) is 39.2 Å². The van der Waals surface area contributed by atoms with Crippen molar-refractivity contribution in [2.75, 3.05) is 12.4 Å². The molecule has 0 fully saturated rings. The summed E-state index contributed by atoms with van der Waals surface area (Å²) in [6.45, 7) is 0. The summed E-state index contributed by atoms with van der Waals surface area (Å²) in [4.78, 5) is 31.7. The van der Waals surface area contributed by atoms with Crippen molar-refractivity contribution in [3.8, 4) is 17.3 Å². The molecule has 3 rings (SSSR count). The first-order chi connectivity index (χ1) is 13.5. The lowest BCUT2D eigenvalue weighted by molar-refractivity contribution is -0.118. The number of nitrogens with two attached hydrogens (primary N) is 1. The number of primary amides is 1. The van der Waals surface area contributed by atoms with E-state index in [0.717, 1.165) is 0 Å². The standard InChI is InChI=1S/C17H17N7O4/c1-27-11-4-2-3-10(7-11)21-17(26)22-12(8-14(18)25)15-23-24-16(28-15)13-9-19-5-6-20-13/h2-7,9,12H,8H2,1H3,(H2,18,25)(H2,21,22,26)/t12-/m0/s1. The number of carbonyl (C=O) groups excluding carboxylic acids is 2. The van der Waals surface area contributed by atoms with Crippen LogP contribution in [0.15, 0.2) is 47.3 Å². The number of hydrogen-bond acceptors (Lipinski definition) is 8. The molecule has 0 aliphatic rings.